The van der Waals surface area contributed by atoms with Gasteiger partial charge in [0.2, 0.25) is 0 Å². The topological polar surface area (TPSA) is 37.3 Å². The third-order valence-corrected chi connectivity index (χ3v) is 3.22. The fourth-order valence-electron chi connectivity index (χ4n) is 1.99. The zero-order valence-electron chi connectivity index (χ0n) is 10.3. The van der Waals surface area contributed by atoms with Crippen LogP contribution < -0.4 is 0 Å². The lowest BCUT2D eigenvalue weighted by molar-refractivity contribution is -0.138. The van der Waals surface area contributed by atoms with E-state index in [4.69, 9.17) is 11.6 Å². The number of aliphatic carboxylic acids is 1. The third-order valence-electron chi connectivity index (χ3n) is 2.98. The molecule has 0 saturated heterocycles. The zero-order valence-corrected chi connectivity index (χ0v) is 11.1. The number of benzene rings is 2. The van der Waals surface area contributed by atoms with Gasteiger partial charge >= 0.3 is 5.97 Å². The Morgan fingerprint density at radius 3 is 2.60 bits per heavy atom. The van der Waals surface area contributed by atoms with E-state index in [1.165, 1.54) is 6.07 Å². The van der Waals surface area contributed by atoms with Gasteiger partial charge in [-0.15, -0.1) is 0 Å². The fourth-order valence-corrected chi connectivity index (χ4v) is 2.19. The van der Waals surface area contributed by atoms with Crippen molar-refractivity contribution in [2.45, 2.75) is 12.3 Å². The normalized spacial score (nSPS) is 12.2. The van der Waals surface area contributed by atoms with E-state index >= 15 is 0 Å². The van der Waals surface area contributed by atoms with Gasteiger partial charge in [0.1, 0.15) is 11.6 Å². The van der Waals surface area contributed by atoms with E-state index in [9.17, 15) is 18.7 Å². The zero-order chi connectivity index (χ0) is 14.7. The van der Waals surface area contributed by atoms with E-state index in [1.807, 2.05) is 0 Å². The number of carbonyl (C=O) groups is 1. The number of hydrogen-bond acceptors (Lipinski definition) is 1. The molecule has 0 fully saturated rings. The lowest BCUT2D eigenvalue weighted by atomic mass is 9.92. The highest BCUT2D eigenvalue weighted by Gasteiger charge is 2.22. The number of halogens is 3. The van der Waals surface area contributed by atoms with Gasteiger partial charge in [-0.25, -0.2) is 8.78 Å². The molecule has 0 heterocycles. The van der Waals surface area contributed by atoms with Crippen LogP contribution in [0.5, 0.6) is 0 Å². The Balaban J connectivity index is 2.35. The highest BCUT2D eigenvalue weighted by molar-refractivity contribution is 6.30. The molecular formula is C15H11ClF2O2. The minimum atomic E-state index is -1.11. The van der Waals surface area contributed by atoms with E-state index in [2.05, 4.69) is 0 Å². The smallest absolute Gasteiger partial charge is 0.311 e. The van der Waals surface area contributed by atoms with Crippen molar-refractivity contribution in [3.05, 3.63) is 70.2 Å². The van der Waals surface area contributed by atoms with Crippen molar-refractivity contribution in [3.63, 3.8) is 0 Å². The van der Waals surface area contributed by atoms with Gasteiger partial charge in [0.25, 0.3) is 0 Å². The Morgan fingerprint density at radius 2 is 1.95 bits per heavy atom. The van der Waals surface area contributed by atoms with E-state index in [-0.39, 0.29) is 12.0 Å². The summed E-state index contributed by atoms with van der Waals surface area (Å²) in [6, 6.07) is 9.34. The van der Waals surface area contributed by atoms with Crippen molar-refractivity contribution < 1.29 is 18.7 Å². The molecule has 5 heteroatoms. The molecule has 0 radical (unpaired) electrons. The van der Waals surface area contributed by atoms with Gasteiger partial charge in [0.05, 0.1) is 5.92 Å². The Labute approximate surface area is 119 Å². The van der Waals surface area contributed by atoms with Crippen molar-refractivity contribution in [1.82, 2.24) is 0 Å². The molecule has 2 nitrogen and oxygen atoms in total. The summed E-state index contributed by atoms with van der Waals surface area (Å²) in [5.74, 6) is -3.32. The molecule has 0 amide bonds. The molecule has 2 aromatic rings. The standard InChI is InChI=1S/C15H11ClF2O2/c16-11-3-1-2-9(6-11)13(15(19)20)8-10-7-12(17)4-5-14(10)18/h1-7,13H,8H2,(H,19,20). The molecule has 1 N–H and O–H groups in total. The second-order valence-corrected chi connectivity index (χ2v) is 4.82. The van der Waals surface area contributed by atoms with Crippen LogP contribution in [0, 0.1) is 11.6 Å². The molecule has 1 unspecified atom stereocenters. The van der Waals surface area contributed by atoms with Gasteiger partial charge < -0.3 is 5.11 Å². The lowest BCUT2D eigenvalue weighted by Crippen LogP contribution is -2.15. The molecule has 0 bridgehead atoms. The Hall–Kier alpha value is -1.94. The SMILES string of the molecule is O=C(O)C(Cc1cc(F)ccc1F)c1cccc(Cl)c1. The maximum absolute atomic E-state index is 13.6. The van der Waals surface area contributed by atoms with Crippen LogP contribution in [-0.2, 0) is 11.2 Å². The summed E-state index contributed by atoms with van der Waals surface area (Å²) in [4.78, 5) is 11.4. The first kappa shape index (κ1) is 14.5. The molecule has 2 aromatic carbocycles. The molecule has 0 aliphatic carbocycles. The maximum atomic E-state index is 13.6. The maximum Gasteiger partial charge on any atom is 0.311 e. The quantitative estimate of drug-likeness (QED) is 0.925. The first-order chi connectivity index (χ1) is 9.47. The van der Waals surface area contributed by atoms with Gasteiger partial charge in [0, 0.05) is 5.02 Å². The molecule has 1 atom stereocenters. The van der Waals surface area contributed by atoms with Gasteiger partial charge in [-0.2, -0.15) is 0 Å². The highest BCUT2D eigenvalue weighted by Crippen LogP contribution is 2.25. The molecule has 2 rings (SSSR count). The number of hydrogen-bond donors (Lipinski definition) is 1. The lowest BCUT2D eigenvalue weighted by Gasteiger charge is -2.14. The summed E-state index contributed by atoms with van der Waals surface area (Å²) in [6.45, 7) is 0. The van der Waals surface area contributed by atoms with Crippen LogP contribution in [0.1, 0.15) is 17.0 Å². The van der Waals surface area contributed by atoms with Crippen LogP contribution in [-0.4, -0.2) is 11.1 Å². The molecule has 0 spiro atoms. The van der Waals surface area contributed by atoms with Crippen LogP contribution >= 0.6 is 11.6 Å². The fraction of sp³-hybridized carbons (Fsp3) is 0.133. The van der Waals surface area contributed by atoms with Gasteiger partial charge in [0.15, 0.2) is 0 Å². The summed E-state index contributed by atoms with van der Waals surface area (Å²) in [5.41, 5.74) is 0.478. The summed E-state index contributed by atoms with van der Waals surface area (Å²) in [5, 5.41) is 9.68. The predicted molar refractivity (Wildman–Crippen MR) is 71.9 cm³/mol. The second kappa shape index (κ2) is 6.01. The summed E-state index contributed by atoms with van der Waals surface area (Å²) < 4.78 is 26.7. The van der Waals surface area contributed by atoms with Crippen molar-refractivity contribution >= 4 is 17.6 Å². The average molecular weight is 297 g/mol. The minimum absolute atomic E-state index is 0.0253. The first-order valence-electron chi connectivity index (χ1n) is 5.89. The van der Waals surface area contributed by atoms with Crippen LogP contribution in [0.15, 0.2) is 42.5 Å². The van der Waals surface area contributed by atoms with E-state index in [1.54, 1.807) is 18.2 Å². The molecule has 104 valence electrons. The van der Waals surface area contributed by atoms with Gasteiger partial charge in [-0.3, -0.25) is 4.79 Å². The van der Waals surface area contributed by atoms with Crippen molar-refractivity contribution in [3.8, 4) is 0 Å². The summed E-state index contributed by atoms with van der Waals surface area (Å²) in [7, 11) is 0. The molecule has 0 aromatic heterocycles. The molecule has 0 saturated carbocycles. The molecule has 20 heavy (non-hydrogen) atoms. The summed E-state index contributed by atoms with van der Waals surface area (Å²) in [6.07, 6.45) is -0.140. The van der Waals surface area contributed by atoms with E-state index < -0.39 is 23.5 Å². The molecular weight excluding hydrogens is 286 g/mol. The van der Waals surface area contributed by atoms with Gasteiger partial charge in [-0.05, 0) is 47.9 Å². The largest absolute Gasteiger partial charge is 0.481 e. The average Bonchev–Trinajstić information content (AvgIpc) is 2.39. The summed E-state index contributed by atoms with van der Waals surface area (Å²) >= 11 is 5.83. The highest BCUT2D eigenvalue weighted by atomic mass is 35.5. The van der Waals surface area contributed by atoms with E-state index in [0.29, 0.717) is 10.6 Å². The van der Waals surface area contributed by atoms with Crippen molar-refractivity contribution in [2.24, 2.45) is 0 Å². The number of carboxylic acid groups (broad SMARTS) is 1. The Morgan fingerprint density at radius 1 is 1.20 bits per heavy atom. The Kier molecular flexibility index (Phi) is 4.35. The third kappa shape index (κ3) is 3.33. The van der Waals surface area contributed by atoms with Crippen molar-refractivity contribution in [1.29, 1.82) is 0 Å². The van der Waals surface area contributed by atoms with Crippen molar-refractivity contribution in [2.75, 3.05) is 0 Å². The first-order valence-corrected chi connectivity index (χ1v) is 6.27. The van der Waals surface area contributed by atoms with Crippen LogP contribution in [0.3, 0.4) is 0 Å². The predicted octanol–water partition coefficient (Wildman–Crippen LogP) is 4.03. The minimum Gasteiger partial charge on any atom is -0.481 e. The van der Waals surface area contributed by atoms with Crippen LogP contribution in [0.25, 0.3) is 0 Å². The monoisotopic (exact) mass is 296 g/mol. The van der Waals surface area contributed by atoms with Crippen LogP contribution in [0.2, 0.25) is 5.02 Å². The number of rotatable bonds is 4. The second-order valence-electron chi connectivity index (χ2n) is 4.39. The van der Waals surface area contributed by atoms with E-state index in [0.717, 1.165) is 18.2 Å². The van der Waals surface area contributed by atoms with Gasteiger partial charge in [-0.1, -0.05) is 23.7 Å². The molecule has 0 aliphatic rings. The molecule has 0 aliphatic heterocycles. The Bertz CT molecular complexity index is 644. The number of carboxylic acids is 1. The van der Waals surface area contributed by atoms with Crippen LogP contribution in [0.4, 0.5) is 8.78 Å².